The van der Waals surface area contributed by atoms with Gasteiger partial charge in [0.25, 0.3) is 0 Å². The molecule has 0 spiro atoms. The monoisotopic (exact) mass is 363 g/mol. The lowest BCUT2D eigenvalue weighted by atomic mass is 9.73. The summed E-state index contributed by atoms with van der Waals surface area (Å²) >= 11 is 3.35. The summed E-state index contributed by atoms with van der Waals surface area (Å²) in [6, 6.07) is 7.08. The highest BCUT2D eigenvalue weighted by Crippen LogP contribution is 2.57. The van der Waals surface area contributed by atoms with Crippen LogP contribution in [0.25, 0.3) is 0 Å². The molecule has 3 aliphatic heterocycles. The first-order valence-electron chi connectivity index (χ1n) is 7.07. The summed E-state index contributed by atoms with van der Waals surface area (Å²) in [5, 5.41) is 9.74. The number of amides is 2. The molecule has 1 aromatic carbocycles. The van der Waals surface area contributed by atoms with Gasteiger partial charge in [-0.15, -0.1) is 0 Å². The van der Waals surface area contributed by atoms with Gasteiger partial charge in [0.15, 0.2) is 0 Å². The minimum absolute atomic E-state index is 0.268. The molecule has 0 saturated carbocycles. The van der Waals surface area contributed by atoms with Gasteiger partial charge in [0, 0.05) is 4.47 Å². The van der Waals surface area contributed by atoms with Crippen molar-refractivity contribution in [3.05, 3.63) is 40.9 Å². The maximum Gasteiger partial charge on any atom is 0.241 e. The second kappa shape index (κ2) is 4.28. The average Bonchev–Trinajstić information content (AvgIpc) is 3.05. The molecule has 3 heterocycles. The van der Waals surface area contributed by atoms with Crippen molar-refractivity contribution in [3.63, 3.8) is 0 Å². The van der Waals surface area contributed by atoms with Gasteiger partial charge in [-0.25, -0.2) is 4.90 Å². The Hall–Kier alpha value is -1.50. The SMILES string of the molecule is C[C@@]12C=C[C@](CO)(O1)[C@H]1C(=O)N(c3cccc(Br)c3)C(=O)[C@H]12. The molecule has 2 amide bonds. The Morgan fingerprint density at radius 3 is 2.68 bits per heavy atom. The standard InChI is InChI=1S/C16H14BrNO4/c1-15-5-6-16(8-19,22-15)12-11(15)13(20)18(14(12)21)10-4-2-3-9(17)7-10/h2-7,11-12,19H,8H2,1H3/t11-,12+,15-,16+/m0/s1. The highest BCUT2D eigenvalue weighted by atomic mass is 79.9. The van der Waals surface area contributed by atoms with Crippen molar-refractivity contribution in [1.29, 1.82) is 0 Å². The second-order valence-corrected chi connectivity index (χ2v) is 7.10. The van der Waals surface area contributed by atoms with Gasteiger partial charge in [-0.3, -0.25) is 9.59 Å². The van der Waals surface area contributed by atoms with Crippen molar-refractivity contribution in [2.75, 3.05) is 11.5 Å². The van der Waals surface area contributed by atoms with Crippen LogP contribution in [0.2, 0.25) is 0 Å². The predicted molar refractivity (Wildman–Crippen MR) is 82.1 cm³/mol. The normalized spacial score (nSPS) is 39.0. The summed E-state index contributed by atoms with van der Waals surface area (Å²) in [7, 11) is 0. The van der Waals surface area contributed by atoms with Gasteiger partial charge in [0.05, 0.1) is 29.7 Å². The smallest absolute Gasteiger partial charge is 0.241 e. The van der Waals surface area contributed by atoms with Gasteiger partial charge in [0.2, 0.25) is 11.8 Å². The van der Waals surface area contributed by atoms with Crippen molar-refractivity contribution in [3.8, 4) is 0 Å². The van der Waals surface area contributed by atoms with E-state index >= 15 is 0 Å². The van der Waals surface area contributed by atoms with Crippen molar-refractivity contribution < 1.29 is 19.4 Å². The Bertz CT molecular complexity index is 733. The summed E-state index contributed by atoms with van der Waals surface area (Å²) in [5.41, 5.74) is -1.37. The van der Waals surface area contributed by atoms with Crippen molar-refractivity contribution in [2.45, 2.75) is 18.1 Å². The molecule has 1 N–H and O–H groups in total. The minimum atomic E-state index is -1.08. The number of ether oxygens (including phenoxy) is 1. The Morgan fingerprint density at radius 2 is 2.00 bits per heavy atom. The third-order valence-electron chi connectivity index (χ3n) is 4.87. The Kier molecular flexibility index (Phi) is 2.74. The number of hydrogen-bond acceptors (Lipinski definition) is 4. The second-order valence-electron chi connectivity index (χ2n) is 6.18. The van der Waals surface area contributed by atoms with Crippen LogP contribution < -0.4 is 4.90 Å². The van der Waals surface area contributed by atoms with Crippen LogP contribution in [0.15, 0.2) is 40.9 Å². The van der Waals surface area contributed by atoms with Gasteiger partial charge in [-0.05, 0) is 25.1 Å². The van der Waals surface area contributed by atoms with Crippen LogP contribution in [-0.2, 0) is 14.3 Å². The van der Waals surface area contributed by atoms with E-state index in [9.17, 15) is 14.7 Å². The number of carbonyl (C=O) groups is 2. The largest absolute Gasteiger partial charge is 0.393 e. The Labute approximate surface area is 135 Å². The molecule has 6 heteroatoms. The van der Waals surface area contributed by atoms with Crippen LogP contribution in [-0.4, -0.2) is 34.7 Å². The number of carbonyl (C=O) groups excluding carboxylic acids is 2. The topological polar surface area (TPSA) is 66.8 Å². The van der Waals surface area contributed by atoms with Gasteiger partial charge in [-0.1, -0.05) is 34.1 Å². The van der Waals surface area contributed by atoms with Gasteiger partial charge < -0.3 is 9.84 Å². The van der Waals surface area contributed by atoms with E-state index in [-0.39, 0.29) is 18.4 Å². The molecule has 5 nitrogen and oxygen atoms in total. The fraction of sp³-hybridized carbons (Fsp3) is 0.375. The van der Waals surface area contributed by atoms with Crippen LogP contribution in [0.4, 0.5) is 5.69 Å². The Balaban J connectivity index is 1.82. The lowest BCUT2D eigenvalue weighted by Gasteiger charge is -2.27. The van der Waals surface area contributed by atoms with E-state index in [2.05, 4.69) is 15.9 Å². The zero-order chi connectivity index (χ0) is 15.7. The molecule has 2 fully saturated rings. The first kappa shape index (κ1) is 14.1. The molecule has 2 saturated heterocycles. The molecule has 0 unspecified atom stereocenters. The van der Waals surface area contributed by atoms with Crippen LogP contribution in [0.1, 0.15) is 6.92 Å². The molecule has 3 aliphatic rings. The van der Waals surface area contributed by atoms with E-state index in [0.717, 1.165) is 4.47 Å². The van der Waals surface area contributed by atoms with Crippen LogP contribution in [0, 0.1) is 11.8 Å². The van der Waals surface area contributed by atoms with Crippen molar-refractivity contribution in [2.24, 2.45) is 11.8 Å². The predicted octanol–water partition coefficient (Wildman–Crippen LogP) is 1.64. The number of nitrogens with zero attached hydrogens (tertiary/aromatic N) is 1. The van der Waals surface area contributed by atoms with E-state index in [1.807, 2.05) is 6.07 Å². The highest BCUT2D eigenvalue weighted by Gasteiger charge is 2.72. The molecule has 22 heavy (non-hydrogen) atoms. The number of fused-ring (bicyclic) bond motifs is 5. The number of benzene rings is 1. The number of imide groups is 1. The van der Waals surface area contributed by atoms with Gasteiger partial charge in [-0.2, -0.15) is 0 Å². The molecule has 4 atom stereocenters. The summed E-state index contributed by atoms with van der Waals surface area (Å²) in [6.45, 7) is 1.48. The molecule has 4 rings (SSSR count). The van der Waals surface area contributed by atoms with E-state index < -0.39 is 23.0 Å². The average molecular weight is 364 g/mol. The molecule has 1 aromatic rings. The molecular formula is C16H14BrNO4. The number of hydrogen-bond donors (Lipinski definition) is 1. The number of anilines is 1. The van der Waals surface area contributed by atoms with Crippen LogP contribution in [0.5, 0.6) is 0 Å². The Morgan fingerprint density at radius 1 is 1.27 bits per heavy atom. The van der Waals surface area contributed by atoms with Crippen molar-refractivity contribution in [1.82, 2.24) is 0 Å². The lowest BCUT2D eigenvalue weighted by molar-refractivity contribution is -0.131. The quantitative estimate of drug-likeness (QED) is 0.640. The van der Waals surface area contributed by atoms with E-state index in [0.29, 0.717) is 5.69 Å². The van der Waals surface area contributed by atoms with E-state index in [1.165, 1.54) is 4.90 Å². The number of aliphatic hydroxyl groups is 1. The molecule has 0 radical (unpaired) electrons. The highest BCUT2D eigenvalue weighted by molar-refractivity contribution is 9.10. The first-order valence-corrected chi connectivity index (χ1v) is 7.86. The third-order valence-corrected chi connectivity index (χ3v) is 5.36. The van der Waals surface area contributed by atoms with Gasteiger partial charge >= 0.3 is 0 Å². The molecule has 2 bridgehead atoms. The number of halogens is 1. The molecular weight excluding hydrogens is 350 g/mol. The first-order chi connectivity index (χ1) is 10.4. The summed E-state index contributed by atoms with van der Waals surface area (Å²) < 4.78 is 6.67. The van der Waals surface area contributed by atoms with Crippen LogP contribution >= 0.6 is 15.9 Å². The zero-order valence-electron chi connectivity index (χ0n) is 11.8. The molecule has 0 aliphatic carbocycles. The number of aliphatic hydroxyl groups excluding tert-OH is 1. The summed E-state index contributed by atoms with van der Waals surface area (Å²) in [5.74, 6) is -1.83. The maximum atomic E-state index is 12.9. The van der Waals surface area contributed by atoms with Crippen molar-refractivity contribution >= 4 is 33.4 Å². The lowest BCUT2D eigenvalue weighted by Crippen LogP contribution is -2.43. The fourth-order valence-electron chi connectivity index (χ4n) is 3.91. The minimum Gasteiger partial charge on any atom is -0.393 e. The molecule has 114 valence electrons. The third kappa shape index (κ3) is 1.55. The molecule has 0 aromatic heterocycles. The van der Waals surface area contributed by atoms with Crippen LogP contribution in [0.3, 0.4) is 0 Å². The van der Waals surface area contributed by atoms with E-state index in [4.69, 9.17) is 4.74 Å². The summed E-state index contributed by atoms with van der Waals surface area (Å²) in [4.78, 5) is 26.9. The van der Waals surface area contributed by atoms with Gasteiger partial charge in [0.1, 0.15) is 5.60 Å². The van der Waals surface area contributed by atoms with E-state index in [1.54, 1.807) is 37.3 Å². The maximum absolute atomic E-state index is 12.9. The number of rotatable bonds is 2. The zero-order valence-corrected chi connectivity index (χ0v) is 13.4. The summed E-state index contributed by atoms with van der Waals surface area (Å²) in [6.07, 6.45) is 3.52. The fourth-order valence-corrected chi connectivity index (χ4v) is 4.30.